The highest BCUT2D eigenvalue weighted by molar-refractivity contribution is 7.13. The second-order valence-electron chi connectivity index (χ2n) is 8.86. The minimum absolute atomic E-state index is 0.0216. The van der Waals surface area contributed by atoms with Crippen LogP contribution in [-0.2, 0) is 0 Å². The number of carbonyl (C=O) groups excluding carboxylic acids is 1. The van der Waals surface area contributed by atoms with Gasteiger partial charge >= 0.3 is 0 Å². The molecule has 4 bridgehead atoms. The summed E-state index contributed by atoms with van der Waals surface area (Å²) in [6.07, 6.45) is 9.28. The van der Waals surface area contributed by atoms with Gasteiger partial charge in [0.25, 0.3) is 5.91 Å². The van der Waals surface area contributed by atoms with Crippen molar-refractivity contribution < 1.29 is 4.79 Å². The van der Waals surface area contributed by atoms with Gasteiger partial charge in [-0.3, -0.25) is 9.89 Å². The van der Waals surface area contributed by atoms with Gasteiger partial charge in [-0.1, -0.05) is 13.0 Å². The molecule has 0 aliphatic heterocycles. The fourth-order valence-corrected chi connectivity index (χ4v) is 7.21. The number of amides is 1. The summed E-state index contributed by atoms with van der Waals surface area (Å²) in [6, 6.07) is 6.23. The van der Waals surface area contributed by atoms with Crippen molar-refractivity contribution in [2.45, 2.75) is 57.9 Å². The predicted molar refractivity (Wildman–Crippen MR) is 104 cm³/mol. The molecular formula is C21H27N3OS. The van der Waals surface area contributed by atoms with E-state index in [0.29, 0.717) is 11.1 Å². The Balaban J connectivity index is 1.34. The third-order valence-corrected chi connectivity index (χ3v) is 8.04. The number of H-pyrrole nitrogens is 1. The normalized spacial score (nSPS) is 33.3. The fraction of sp³-hybridized carbons (Fsp3) is 0.619. The van der Waals surface area contributed by atoms with E-state index in [-0.39, 0.29) is 11.9 Å². The fourth-order valence-electron chi connectivity index (χ4n) is 6.52. The largest absolute Gasteiger partial charge is 0.347 e. The summed E-state index contributed by atoms with van der Waals surface area (Å²) < 4.78 is 0. The lowest BCUT2D eigenvalue weighted by Gasteiger charge is -2.59. The Labute approximate surface area is 158 Å². The Morgan fingerprint density at radius 1 is 1.31 bits per heavy atom. The van der Waals surface area contributed by atoms with Crippen molar-refractivity contribution in [3.8, 4) is 10.6 Å². The number of nitrogens with zero attached hydrogens (tertiary/aromatic N) is 1. The van der Waals surface area contributed by atoms with Crippen molar-refractivity contribution in [1.29, 1.82) is 0 Å². The van der Waals surface area contributed by atoms with Gasteiger partial charge in [0.1, 0.15) is 0 Å². The zero-order valence-electron chi connectivity index (χ0n) is 15.3. The molecule has 2 aromatic heterocycles. The first-order chi connectivity index (χ1) is 12.6. The number of nitrogens with one attached hydrogen (secondary N) is 2. The molecule has 4 aliphatic rings. The zero-order chi connectivity index (χ0) is 17.7. The summed E-state index contributed by atoms with van der Waals surface area (Å²) in [5, 5.41) is 12.7. The Morgan fingerprint density at radius 3 is 2.58 bits per heavy atom. The Hall–Kier alpha value is -1.62. The van der Waals surface area contributed by atoms with E-state index < -0.39 is 0 Å². The maximum atomic E-state index is 12.9. The molecule has 0 radical (unpaired) electrons. The number of hydrogen-bond donors (Lipinski definition) is 2. The number of aromatic nitrogens is 2. The van der Waals surface area contributed by atoms with E-state index in [2.05, 4.69) is 22.4 Å². The molecule has 0 saturated heterocycles. The van der Waals surface area contributed by atoms with Gasteiger partial charge in [0.15, 0.2) is 5.69 Å². The molecular weight excluding hydrogens is 342 g/mol. The summed E-state index contributed by atoms with van der Waals surface area (Å²) in [5.41, 5.74) is 1.77. The van der Waals surface area contributed by atoms with E-state index in [1.54, 1.807) is 11.3 Å². The van der Waals surface area contributed by atoms with Gasteiger partial charge in [-0.15, -0.1) is 11.3 Å². The van der Waals surface area contributed by atoms with Crippen LogP contribution in [-0.4, -0.2) is 22.1 Å². The highest BCUT2D eigenvalue weighted by Crippen LogP contribution is 2.61. The lowest BCUT2D eigenvalue weighted by Crippen LogP contribution is -2.56. The first-order valence-electron chi connectivity index (χ1n) is 10.1. The van der Waals surface area contributed by atoms with Gasteiger partial charge in [-0.2, -0.15) is 5.10 Å². The number of rotatable bonds is 5. The minimum atomic E-state index is -0.0216. The summed E-state index contributed by atoms with van der Waals surface area (Å²) in [7, 11) is 0. The topological polar surface area (TPSA) is 57.8 Å². The van der Waals surface area contributed by atoms with Crippen molar-refractivity contribution >= 4 is 17.2 Å². The molecule has 1 amide bonds. The van der Waals surface area contributed by atoms with Gasteiger partial charge in [0.05, 0.1) is 10.6 Å². The van der Waals surface area contributed by atoms with Crippen LogP contribution in [0.25, 0.3) is 10.6 Å². The molecule has 4 saturated carbocycles. The van der Waals surface area contributed by atoms with Crippen molar-refractivity contribution in [3.05, 3.63) is 29.3 Å². The van der Waals surface area contributed by atoms with Crippen LogP contribution in [0.4, 0.5) is 0 Å². The molecule has 2 heterocycles. The lowest BCUT2D eigenvalue weighted by molar-refractivity contribution is -0.0727. The number of hydrogen-bond acceptors (Lipinski definition) is 3. The zero-order valence-corrected chi connectivity index (χ0v) is 16.1. The molecule has 1 unspecified atom stereocenters. The standard InChI is InChI=1S/C21H27N3OS/c1-2-19(21-10-13-6-14(11-21)8-15(7-13)12-21)22-20(25)17-9-16(23-24-17)18-4-3-5-26-18/h3-5,9,13-15,19H,2,6-8,10-12H2,1H3,(H,22,25)(H,23,24). The lowest BCUT2D eigenvalue weighted by atomic mass is 9.47. The van der Waals surface area contributed by atoms with Crippen LogP contribution in [0.3, 0.4) is 0 Å². The molecule has 138 valence electrons. The molecule has 4 fully saturated rings. The Morgan fingerprint density at radius 2 is 2.00 bits per heavy atom. The quantitative estimate of drug-likeness (QED) is 0.790. The predicted octanol–water partition coefficient (Wildman–Crippen LogP) is 4.86. The number of carbonyl (C=O) groups is 1. The first kappa shape index (κ1) is 16.5. The van der Waals surface area contributed by atoms with Gasteiger partial charge in [0.2, 0.25) is 0 Å². The molecule has 2 aromatic rings. The summed E-state index contributed by atoms with van der Waals surface area (Å²) in [6.45, 7) is 2.23. The van der Waals surface area contributed by atoms with Gasteiger partial charge in [-0.25, -0.2) is 0 Å². The van der Waals surface area contributed by atoms with Gasteiger partial charge < -0.3 is 5.32 Å². The van der Waals surface area contributed by atoms with Crippen molar-refractivity contribution in [2.75, 3.05) is 0 Å². The highest BCUT2D eigenvalue weighted by atomic mass is 32.1. The SMILES string of the molecule is CCC(NC(=O)c1cc(-c2cccs2)[nH]n1)C12CC3CC(CC(C3)C1)C2. The number of thiophene rings is 1. The molecule has 4 nitrogen and oxygen atoms in total. The highest BCUT2D eigenvalue weighted by Gasteiger charge is 2.54. The van der Waals surface area contributed by atoms with Crippen LogP contribution in [0.1, 0.15) is 62.4 Å². The van der Waals surface area contributed by atoms with E-state index in [1.165, 1.54) is 38.5 Å². The minimum Gasteiger partial charge on any atom is -0.347 e. The van der Waals surface area contributed by atoms with E-state index in [9.17, 15) is 4.79 Å². The monoisotopic (exact) mass is 369 g/mol. The van der Waals surface area contributed by atoms with Gasteiger partial charge in [-0.05, 0) is 85.6 Å². The second-order valence-corrected chi connectivity index (χ2v) is 9.81. The van der Waals surface area contributed by atoms with Crippen molar-refractivity contribution in [3.63, 3.8) is 0 Å². The van der Waals surface area contributed by atoms with Crippen LogP contribution < -0.4 is 5.32 Å². The van der Waals surface area contributed by atoms with Crippen LogP contribution in [0.15, 0.2) is 23.6 Å². The van der Waals surface area contributed by atoms with Crippen molar-refractivity contribution in [1.82, 2.24) is 15.5 Å². The van der Waals surface area contributed by atoms with E-state index >= 15 is 0 Å². The average molecular weight is 370 g/mol. The molecule has 0 aromatic carbocycles. The van der Waals surface area contributed by atoms with E-state index in [0.717, 1.165) is 34.7 Å². The number of aromatic amines is 1. The summed E-state index contributed by atoms with van der Waals surface area (Å²) in [5.74, 6) is 2.70. The molecule has 4 aliphatic carbocycles. The molecule has 6 rings (SSSR count). The maximum Gasteiger partial charge on any atom is 0.272 e. The first-order valence-corrected chi connectivity index (χ1v) is 10.9. The molecule has 1 atom stereocenters. The maximum absolute atomic E-state index is 12.9. The molecule has 0 spiro atoms. The summed E-state index contributed by atoms with van der Waals surface area (Å²) in [4.78, 5) is 14.0. The smallest absolute Gasteiger partial charge is 0.272 e. The van der Waals surface area contributed by atoms with Crippen LogP contribution >= 0.6 is 11.3 Å². The van der Waals surface area contributed by atoms with Gasteiger partial charge in [0, 0.05) is 6.04 Å². The third kappa shape index (κ3) is 2.72. The van der Waals surface area contributed by atoms with E-state index in [4.69, 9.17) is 0 Å². The Kier molecular flexibility index (Phi) is 3.96. The molecule has 5 heteroatoms. The van der Waals surface area contributed by atoms with Crippen molar-refractivity contribution in [2.24, 2.45) is 23.2 Å². The van der Waals surface area contributed by atoms with Crippen LogP contribution in [0.2, 0.25) is 0 Å². The summed E-state index contributed by atoms with van der Waals surface area (Å²) >= 11 is 1.66. The Bertz CT molecular complexity index is 759. The van der Waals surface area contributed by atoms with E-state index in [1.807, 2.05) is 23.6 Å². The molecule has 2 N–H and O–H groups in total. The van der Waals surface area contributed by atoms with Crippen LogP contribution in [0.5, 0.6) is 0 Å². The second kappa shape index (κ2) is 6.22. The average Bonchev–Trinajstić information content (AvgIpc) is 3.29. The van der Waals surface area contributed by atoms with Crippen LogP contribution in [0, 0.1) is 23.2 Å². The third-order valence-electron chi connectivity index (χ3n) is 7.14. The molecule has 26 heavy (non-hydrogen) atoms.